The number of hydrogen-bond donors (Lipinski definition) is 1. The van der Waals surface area contributed by atoms with Crippen molar-refractivity contribution in [1.82, 2.24) is 9.80 Å². The van der Waals surface area contributed by atoms with E-state index in [-0.39, 0.29) is 19.0 Å². The summed E-state index contributed by atoms with van der Waals surface area (Å²) in [5, 5.41) is 11.3. The van der Waals surface area contributed by atoms with Crippen LogP contribution in [-0.4, -0.2) is 73.2 Å². The first-order chi connectivity index (χ1) is 19.3. The highest BCUT2D eigenvalue weighted by Crippen LogP contribution is 2.42. The van der Waals surface area contributed by atoms with Crippen molar-refractivity contribution in [3.8, 4) is 0 Å². The van der Waals surface area contributed by atoms with E-state index in [0.717, 1.165) is 38.0 Å². The number of halogens is 4. The first-order valence-electron chi connectivity index (χ1n) is 14.3. The summed E-state index contributed by atoms with van der Waals surface area (Å²) in [5.41, 5.74) is -1.90. The van der Waals surface area contributed by atoms with E-state index in [1.54, 1.807) is 26.2 Å². The normalized spacial score (nSPS) is 18.7. The molecule has 224 valence electrons. The van der Waals surface area contributed by atoms with E-state index >= 15 is 0 Å². The van der Waals surface area contributed by atoms with E-state index < -0.39 is 23.2 Å². The quantitative estimate of drug-likeness (QED) is 0.434. The molecule has 41 heavy (non-hydrogen) atoms. The predicted octanol–water partition coefficient (Wildman–Crippen LogP) is 5.90. The number of anilines is 1. The number of rotatable bonds is 7. The van der Waals surface area contributed by atoms with Gasteiger partial charge in [-0.25, -0.2) is 0 Å². The number of hydrogen-bond acceptors (Lipinski definition) is 4. The molecule has 0 saturated carbocycles. The summed E-state index contributed by atoms with van der Waals surface area (Å²) >= 11 is 6.40. The molecule has 0 spiro atoms. The van der Waals surface area contributed by atoms with Gasteiger partial charge in [0.1, 0.15) is 0 Å². The number of nitrogens with zero attached hydrogens (tertiary/aromatic N) is 3. The second kappa shape index (κ2) is 12.6. The maximum atomic E-state index is 14.2. The van der Waals surface area contributed by atoms with Crippen LogP contribution in [0.3, 0.4) is 0 Å². The molecule has 2 aliphatic rings. The van der Waals surface area contributed by atoms with Gasteiger partial charge in [-0.15, -0.1) is 0 Å². The minimum atomic E-state index is -5.13. The average molecular weight is 594 g/mol. The topological polar surface area (TPSA) is 64.1 Å². The Morgan fingerprint density at radius 2 is 1.59 bits per heavy atom. The van der Waals surface area contributed by atoms with Crippen molar-refractivity contribution in [2.75, 3.05) is 45.2 Å². The Hall–Kier alpha value is -2.78. The van der Waals surface area contributed by atoms with Gasteiger partial charge in [0.15, 0.2) is 0 Å². The van der Waals surface area contributed by atoms with Gasteiger partial charge in [-0.2, -0.15) is 13.2 Å². The number of piperidine rings is 2. The summed E-state index contributed by atoms with van der Waals surface area (Å²) in [6.07, 6.45) is -0.466. The van der Waals surface area contributed by atoms with Gasteiger partial charge in [0, 0.05) is 51.5 Å². The second-order valence-corrected chi connectivity index (χ2v) is 11.9. The molecule has 10 heteroatoms. The number of aryl methyl sites for hydroxylation is 1. The first-order valence-corrected chi connectivity index (χ1v) is 14.7. The Labute approximate surface area is 245 Å². The van der Waals surface area contributed by atoms with Gasteiger partial charge in [-0.05, 0) is 74.1 Å². The molecular weight excluding hydrogens is 555 g/mol. The Morgan fingerprint density at radius 3 is 2.12 bits per heavy atom. The van der Waals surface area contributed by atoms with E-state index in [1.807, 2.05) is 19.1 Å². The number of carbonyl (C=O) groups is 2. The first kappa shape index (κ1) is 31.2. The maximum Gasteiger partial charge on any atom is 0.430 e. The van der Waals surface area contributed by atoms with Crippen LogP contribution in [-0.2, 0) is 16.8 Å². The number of carbonyl (C=O) groups excluding carboxylic acids is 2. The van der Waals surface area contributed by atoms with Crippen LogP contribution in [0.5, 0.6) is 0 Å². The van der Waals surface area contributed by atoms with Crippen LogP contribution in [0.15, 0.2) is 42.5 Å². The summed E-state index contributed by atoms with van der Waals surface area (Å²) in [6, 6.07) is 11.1. The van der Waals surface area contributed by atoms with Crippen molar-refractivity contribution in [2.24, 2.45) is 11.8 Å². The molecule has 2 aromatic rings. The van der Waals surface area contributed by atoms with Crippen LogP contribution < -0.4 is 4.90 Å². The van der Waals surface area contributed by atoms with Gasteiger partial charge in [0.2, 0.25) is 0 Å². The van der Waals surface area contributed by atoms with Crippen LogP contribution >= 0.6 is 11.6 Å². The molecule has 0 aromatic heterocycles. The van der Waals surface area contributed by atoms with Gasteiger partial charge in [0.05, 0.1) is 10.6 Å². The molecule has 0 aliphatic carbocycles. The fourth-order valence-corrected chi connectivity index (χ4v) is 6.29. The molecule has 1 atom stereocenters. The van der Waals surface area contributed by atoms with Gasteiger partial charge in [-0.3, -0.25) is 9.59 Å². The Kier molecular flexibility index (Phi) is 9.59. The molecule has 2 aromatic carbocycles. The number of benzene rings is 2. The lowest BCUT2D eigenvalue weighted by molar-refractivity contribution is -0.262. The van der Waals surface area contributed by atoms with Gasteiger partial charge >= 0.3 is 6.18 Å². The fourth-order valence-electron chi connectivity index (χ4n) is 6.04. The molecule has 2 aliphatic heterocycles. The molecule has 1 unspecified atom stereocenters. The average Bonchev–Trinajstić information content (AvgIpc) is 2.96. The third-order valence-electron chi connectivity index (χ3n) is 8.61. The second-order valence-electron chi connectivity index (χ2n) is 11.5. The van der Waals surface area contributed by atoms with E-state index in [2.05, 4.69) is 4.90 Å². The monoisotopic (exact) mass is 593 g/mol. The van der Waals surface area contributed by atoms with E-state index in [9.17, 15) is 27.9 Å². The zero-order chi connectivity index (χ0) is 29.9. The van der Waals surface area contributed by atoms with Crippen molar-refractivity contribution in [3.05, 3.63) is 64.2 Å². The van der Waals surface area contributed by atoms with E-state index in [1.165, 1.54) is 28.0 Å². The SMILES string of the molecule is CCc1cccc(C(O)(C(=O)N2CCC(CC3CCN(c4ccc(C(=O)N(C)C)c(Cl)c4)CC3)CC2)C(F)(F)F)c1. The molecule has 0 bridgehead atoms. The number of amides is 2. The van der Waals surface area contributed by atoms with Gasteiger partial charge in [-0.1, -0.05) is 42.8 Å². The molecule has 0 radical (unpaired) electrons. The van der Waals surface area contributed by atoms with Gasteiger partial charge < -0.3 is 19.8 Å². The smallest absolute Gasteiger partial charge is 0.371 e. The van der Waals surface area contributed by atoms with Crippen molar-refractivity contribution >= 4 is 29.1 Å². The lowest BCUT2D eigenvalue weighted by Crippen LogP contribution is -2.57. The summed E-state index contributed by atoms with van der Waals surface area (Å²) in [7, 11) is 3.38. The Balaban J connectivity index is 1.31. The maximum absolute atomic E-state index is 14.2. The van der Waals surface area contributed by atoms with Crippen LogP contribution in [0.4, 0.5) is 18.9 Å². The summed E-state index contributed by atoms with van der Waals surface area (Å²) in [6.45, 7) is 3.92. The predicted molar refractivity (Wildman–Crippen MR) is 154 cm³/mol. The minimum Gasteiger partial charge on any atom is -0.371 e. The molecule has 2 heterocycles. The minimum absolute atomic E-state index is 0.137. The summed E-state index contributed by atoms with van der Waals surface area (Å²) < 4.78 is 42.5. The highest BCUT2D eigenvalue weighted by molar-refractivity contribution is 6.34. The summed E-state index contributed by atoms with van der Waals surface area (Å²) in [4.78, 5) is 30.4. The van der Waals surface area contributed by atoms with Crippen LogP contribution in [0, 0.1) is 11.8 Å². The molecule has 2 saturated heterocycles. The van der Waals surface area contributed by atoms with Crippen molar-refractivity contribution in [3.63, 3.8) is 0 Å². The largest absolute Gasteiger partial charge is 0.430 e. The van der Waals surface area contributed by atoms with Crippen molar-refractivity contribution < 1.29 is 27.9 Å². The van der Waals surface area contributed by atoms with Crippen molar-refractivity contribution in [1.29, 1.82) is 0 Å². The Morgan fingerprint density at radius 1 is 0.976 bits per heavy atom. The van der Waals surface area contributed by atoms with Gasteiger partial charge in [0.25, 0.3) is 17.4 Å². The molecule has 4 rings (SSSR count). The Bertz CT molecular complexity index is 1240. The third-order valence-corrected chi connectivity index (χ3v) is 8.92. The molecule has 2 fully saturated rings. The van der Waals surface area contributed by atoms with Crippen LogP contribution in [0.2, 0.25) is 5.02 Å². The zero-order valence-corrected chi connectivity index (χ0v) is 24.6. The highest BCUT2D eigenvalue weighted by atomic mass is 35.5. The number of likely N-dealkylation sites (tertiary alicyclic amines) is 1. The molecule has 1 N–H and O–H groups in total. The molecule has 2 amide bonds. The number of aliphatic hydroxyl groups is 1. The summed E-state index contributed by atoms with van der Waals surface area (Å²) in [5.74, 6) is -0.611. The lowest BCUT2D eigenvalue weighted by atomic mass is 9.82. The third kappa shape index (κ3) is 6.67. The van der Waals surface area contributed by atoms with Crippen LogP contribution in [0.1, 0.15) is 60.5 Å². The zero-order valence-electron chi connectivity index (χ0n) is 23.9. The lowest BCUT2D eigenvalue weighted by Gasteiger charge is -2.40. The molecule has 6 nitrogen and oxygen atoms in total. The van der Waals surface area contributed by atoms with Crippen molar-refractivity contribution in [2.45, 2.75) is 57.2 Å². The standard InChI is InChI=1S/C31H39ClF3N3O3/c1-4-21-6-5-7-24(19-21)30(41,31(33,34)35)29(40)38-16-12-23(13-17-38)18-22-10-14-37(15-11-22)25-8-9-26(27(32)20-25)28(39)36(2)3/h5-9,19-20,22-23,41H,4,10-18H2,1-3H3. The number of alkyl halides is 3. The van der Waals surface area contributed by atoms with E-state index in [4.69, 9.17) is 11.6 Å². The fraction of sp³-hybridized carbons (Fsp3) is 0.548. The highest BCUT2D eigenvalue weighted by Gasteiger charge is 2.62. The van der Waals surface area contributed by atoms with Crippen LogP contribution in [0.25, 0.3) is 0 Å². The van der Waals surface area contributed by atoms with E-state index in [0.29, 0.717) is 47.2 Å². The molecular formula is C31H39ClF3N3O3.